The van der Waals surface area contributed by atoms with Gasteiger partial charge in [0.05, 0.1) is 20.3 Å². The molecule has 3 aromatic rings. The van der Waals surface area contributed by atoms with Crippen LogP contribution in [0.25, 0.3) is 0 Å². The summed E-state index contributed by atoms with van der Waals surface area (Å²) in [4.78, 5) is 27.7. The van der Waals surface area contributed by atoms with Crippen molar-refractivity contribution < 1.29 is 19.1 Å². The first-order chi connectivity index (χ1) is 15.6. The molecule has 164 valence electrons. The number of amides is 1. The highest BCUT2D eigenvalue weighted by molar-refractivity contribution is 5.98. The van der Waals surface area contributed by atoms with Gasteiger partial charge in [0.1, 0.15) is 0 Å². The molecular formula is C27H27NO4. The Morgan fingerprint density at radius 1 is 0.875 bits per heavy atom. The van der Waals surface area contributed by atoms with Gasteiger partial charge in [-0.15, -0.1) is 0 Å². The van der Waals surface area contributed by atoms with Crippen LogP contribution in [-0.2, 0) is 11.2 Å². The Morgan fingerprint density at radius 3 is 2.16 bits per heavy atom. The molecule has 0 fully saturated rings. The lowest BCUT2D eigenvalue weighted by atomic mass is 9.87. The van der Waals surface area contributed by atoms with E-state index in [0.717, 1.165) is 23.1 Å². The van der Waals surface area contributed by atoms with Gasteiger partial charge in [-0.2, -0.15) is 0 Å². The molecule has 0 aliphatic carbocycles. The Hall–Kier alpha value is -3.60. The van der Waals surface area contributed by atoms with Crippen molar-refractivity contribution in [1.82, 2.24) is 4.90 Å². The van der Waals surface area contributed by atoms with E-state index in [-0.39, 0.29) is 30.6 Å². The van der Waals surface area contributed by atoms with Gasteiger partial charge >= 0.3 is 0 Å². The van der Waals surface area contributed by atoms with E-state index in [9.17, 15) is 9.59 Å². The van der Waals surface area contributed by atoms with Crippen molar-refractivity contribution in [2.45, 2.75) is 25.3 Å². The first-order valence-electron chi connectivity index (χ1n) is 10.8. The van der Waals surface area contributed by atoms with E-state index in [1.807, 2.05) is 65.6 Å². The van der Waals surface area contributed by atoms with Crippen LogP contribution in [-0.4, -0.2) is 37.4 Å². The van der Waals surface area contributed by atoms with E-state index in [2.05, 4.69) is 0 Å². The molecule has 0 radical (unpaired) electrons. The Morgan fingerprint density at radius 2 is 1.50 bits per heavy atom. The lowest BCUT2D eigenvalue weighted by Crippen LogP contribution is -2.40. The quantitative estimate of drug-likeness (QED) is 0.504. The number of hydrogen-bond donors (Lipinski definition) is 0. The van der Waals surface area contributed by atoms with Gasteiger partial charge in [0.2, 0.25) is 5.91 Å². The van der Waals surface area contributed by atoms with Crippen molar-refractivity contribution in [3.8, 4) is 11.5 Å². The predicted octanol–water partition coefficient (Wildman–Crippen LogP) is 4.84. The fourth-order valence-electron chi connectivity index (χ4n) is 4.34. The van der Waals surface area contributed by atoms with E-state index in [1.54, 1.807) is 26.4 Å². The standard InChI is InChI=1S/C27H27NO4/c1-31-24-17-21-15-16-28(26(30)14-13-23(29)19-9-5-3-6-10-19)27(20-11-7-4-8-12-20)22(21)18-25(24)32-2/h3-12,17-18,27H,13-16H2,1-2H3. The lowest BCUT2D eigenvalue weighted by Gasteiger charge is -2.38. The summed E-state index contributed by atoms with van der Waals surface area (Å²) in [6, 6.07) is 22.9. The van der Waals surface area contributed by atoms with Crippen LogP contribution in [0.4, 0.5) is 0 Å². The van der Waals surface area contributed by atoms with Gasteiger partial charge in [-0.05, 0) is 35.2 Å². The molecular weight excluding hydrogens is 402 g/mol. The molecule has 32 heavy (non-hydrogen) atoms. The van der Waals surface area contributed by atoms with Gasteiger partial charge < -0.3 is 14.4 Å². The molecule has 0 saturated carbocycles. The Labute approximate surface area is 188 Å². The lowest BCUT2D eigenvalue weighted by molar-refractivity contribution is -0.133. The second-order valence-corrected chi connectivity index (χ2v) is 7.85. The summed E-state index contributed by atoms with van der Waals surface area (Å²) in [5.74, 6) is 1.29. The number of rotatable bonds is 7. The predicted molar refractivity (Wildman–Crippen MR) is 123 cm³/mol. The van der Waals surface area contributed by atoms with E-state index in [0.29, 0.717) is 23.6 Å². The Kier molecular flexibility index (Phi) is 6.55. The third kappa shape index (κ3) is 4.37. The molecule has 4 rings (SSSR count). The average molecular weight is 430 g/mol. The number of carbonyl (C=O) groups excluding carboxylic acids is 2. The summed E-state index contributed by atoms with van der Waals surface area (Å²) >= 11 is 0. The minimum absolute atomic E-state index is 0.0148. The molecule has 3 aromatic carbocycles. The molecule has 5 nitrogen and oxygen atoms in total. The number of nitrogens with zero attached hydrogens (tertiary/aromatic N) is 1. The number of ether oxygens (including phenoxy) is 2. The zero-order valence-corrected chi connectivity index (χ0v) is 18.4. The second-order valence-electron chi connectivity index (χ2n) is 7.85. The number of hydrogen-bond acceptors (Lipinski definition) is 4. The van der Waals surface area contributed by atoms with Crippen molar-refractivity contribution in [2.75, 3.05) is 20.8 Å². The van der Waals surface area contributed by atoms with Gasteiger partial charge in [-0.1, -0.05) is 60.7 Å². The summed E-state index contributed by atoms with van der Waals surface area (Å²) < 4.78 is 11.0. The third-order valence-electron chi connectivity index (χ3n) is 5.97. The van der Waals surface area contributed by atoms with Crippen LogP contribution in [0.2, 0.25) is 0 Å². The maximum Gasteiger partial charge on any atom is 0.223 e. The van der Waals surface area contributed by atoms with Crippen LogP contribution in [0.3, 0.4) is 0 Å². The molecule has 1 heterocycles. The molecule has 1 amide bonds. The summed E-state index contributed by atoms with van der Waals surface area (Å²) in [7, 11) is 3.24. The fraction of sp³-hybridized carbons (Fsp3) is 0.259. The number of benzene rings is 3. The van der Waals surface area contributed by atoms with Crippen molar-refractivity contribution in [3.63, 3.8) is 0 Å². The van der Waals surface area contributed by atoms with Crippen molar-refractivity contribution >= 4 is 11.7 Å². The summed E-state index contributed by atoms with van der Waals surface area (Å²) in [5.41, 5.74) is 3.84. The number of Topliss-reactive ketones (excluding diaryl/α,β-unsaturated/α-hetero) is 1. The molecule has 0 aromatic heterocycles. The van der Waals surface area contributed by atoms with E-state index in [1.165, 1.54) is 0 Å². The first kappa shape index (κ1) is 21.6. The topological polar surface area (TPSA) is 55.8 Å². The van der Waals surface area contributed by atoms with E-state index in [4.69, 9.17) is 9.47 Å². The van der Waals surface area contributed by atoms with Crippen molar-refractivity contribution in [1.29, 1.82) is 0 Å². The smallest absolute Gasteiger partial charge is 0.223 e. The van der Waals surface area contributed by atoms with Gasteiger partial charge in [0, 0.05) is 24.9 Å². The summed E-state index contributed by atoms with van der Waals surface area (Å²) in [5, 5.41) is 0. The number of fused-ring (bicyclic) bond motifs is 1. The van der Waals surface area contributed by atoms with Crippen LogP contribution in [0, 0.1) is 0 Å². The third-order valence-corrected chi connectivity index (χ3v) is 5.97. The molecule has 1 unspecified atom stereocenters. The zero-order chi connectivity index (χ0) is 22.5. The normalized spacial score (nSPS) is 15.1. The molecule has 0 spiro atoms. The first-order valence-corrected chi connectivity index (χ1v) is 10.8. The van der Waals surface area contributed by atoms with Crippen LogP contribution in [0.5, 0.6) is 11.5 Å². The monoisotopic (exact) mass is 429 g/mol. The minimum atomic E-state index is -0.237. The molecule has 0 saturated heterocycles. The second kappa shape index (κ2) is 9.69. The van der Waals surface area contributed by atoms with Gasteiger partial charge in [0.15, 0.2) is 17.3 Å². The average Bonchev–Trinajstić information content (AvgIpc) is 2.86. The maximum atomic E-state index is 13.3. The Balaban J connectivity index is 1.63. The van der Waals surface area contributed by atoms with E-state index >= 15 is 0 Å². The molecule has 0 bridgehead atoms. The molecule has 1 aliphatic heterocycles. The minimum Gasteiger partial charge on any atom is -0.493 e. The molecule has 1 aliphatic rings. The van der Waals surface area contributed by atoms with Crippen LogP contribution in [0.15, 0.2) is 72.8 Å². The van der Waals surface area contributed by atoms with Gasteiger partial charge in [-0.25, -0.2) is 0 Å². The molecule has 5 heteroatoms. The summed E-state index contributed by atoms with van der Waals surface area (Å²) in [6.07, 6.45) is 1.09. The number of ketones is 1. The highest BCUT2D eigenvalue weighted by atomic mass is 16.5. The van der Waals surface area contributed by atoms with Crippen molar-refractivity contribution in [2.24, 2.45) is 0 Å². The highest BCUT2D eigenvalue weighted by Gasteiger charge is 2.33. The maximum absolute atomic E-state index is 13.3. The SMILES string of the molecule is COc1cc2c(cc1OC)C(c1ccccc1)N(C(=O)CCC(=O)c1ccccc1)CC2. The molecule has 1 atom stereocenters. The fourth-order valence-corrected chi connectivity index (χ4v) is 4.34. The van der Waals surface area contributed by atoms with Gasteiger partial charge in [0.25, 0.3) is 0 Å². The zero-order valence-electron chi connectivity index (χ0n) is 18.4. The number of carbonyl (C=O) groups is 2. The summed E-state index contributed by atoms with van der Waals surface area (Å²) in [6.45, 7) is 0.584. The largest absolute Gasteiger partial charge is 0.493 e. The van der Waals surface area contributed by atoms with Crippen LogP contribution >= 0.6 is 0 Å². The van der Waals surface area contributed by atoms with Crippen LogP contribution in [0.1, 0.15) is 45.9 Å². The highest BCUT2D eigenvalue weighted by Crippen LogP contribution is 2.41. The van der Waals surface area contributed by atoms with E-state index < -0.39 is 0 Å². The van der Waals surface area contributed by atoms with Crippen LogP contribution < -0.4 is 9.47 Å². The van der Waals surface area contributed by atoms with Gasteiger partial charge in [-0.3, -0.25) is 9.59 Å². The Bertz CT molecular complexity index is 1100. The number of methoxy groups -OCH3 is 2. The molecule has 0 N–H and O–H groups in total. The van der Waals surface area contributed by atoms with Crippen molar-refractivity contribution in [3.05, 3.63) is 95.1 Å².